The normalized spacial score (nSPS) is 23.8. The monoisotopic (exact) mass is 222 g/mol. The molecule has 0 bridgehead atoms. The Labute approximate surface area is 97.4 Å². The smallest absolute Gasteiger partial charge is 0.0537 e. The Kier molecular flexibility index (Phi) is 3.61. The third-order valence-corrected chi connectivity index (χ3v) is 3.66. The van der Waals surface area contributed by atoms with Gasteiger partial charge < -0.3 is 5.73 Å². The van der Waals surface area contributed by atoms with E-state index in [1.807, 2.05) is 10.9 Å². The van der Waals surface area contributed by atoms with Crippen LogP contribution < -0.4 is 5.73 Å². The van der Waals surface area contributed by atoms with Gasteiger partial charge in [-0.05, 0) is 39.3 Å². The minimum atomic E-state index is 0.469. The molecule has 1 aliphatic heterocycles. The van der Waals surface area contributed by atoms with Crippen molar-refractivity contribution in [2.24, 2.45) is 11.7 Å². The van der Waals surface area contributed by atoms with Gasteiger partial charge in [0.25, 0.3) is 0 Å². The van der Waals surface area contributed by atoms with E-state index < -0.39 is 0 Å². The zero-order chi connectivity index (χ0) is 11.5. The van der Waals surface area contributed by atoms with E-state index in [0.29, 0.717) is 12.0 Å². The Morgan fingerprint density at radius 3 is 3.00 bits per heavy atom. The van der Waals surface area contributed by atoms with E-state index in [1.165, 1.54) is 18.5 Å². The van der Waals surface area contributed by atoms with Gasteiger partial charge >= 0.3 is 0 Å². The first kappa shape index (κ1) is 11.6. The molecule has 0 spiro atoms. The first-order valence-corrected chi connectivity index (χ1v) is 6.21. The van der Waals surface area contributed by atoms with Gasteiger partial charge in [0.1, 0.15) is 0 Å². The number of rotatable bonds is 4. The molecule has 90 valence electrons. The summed E-state index contributed by atoms with van der Waals surface area (Å²) in [5, 5.41) is 4.33. The quantitative estimate of drug-likeness (QED) is 0.834. The molecule has 1 aromatic rings. The van der Waals surface area contributed by atoms with Crippen molar-refractivity contribution in [3.63, 3.8) is 0 Å². The van der Waals surface area contributed by atoms with Crippen LogP contribution in [-0.2, 0) is 6.54 Å². The molecular formula is C12H22N4. The SMILES string of the molecule is CCn1cc(C(C)N2CCC(CN)C2)cn1. The van der Waals surface area contributed by atoms with Crippen LogP contribution in [0.15, 0.2) is 12.4 Å². The van der Waals surface area contributed by atoms with Gasteiger partial charge in [0, 0.05) is 30.9 Å². The fourth-order valence-corrected chi connectivity index (χ4v) is 2.39. The standard InChI is InChI=1S/C12H22N4/c1-3-16-9-12(7-14-16)10(2)15-5-4-11(6-13)8-15/h7,9-11H,3-6,8,13H2,1-2H3. The van der Waals surface area contributed by atoms with E-state index >= 15 is 0 Å². The van der Waals surface area contributed by atoms with Crippen molar-refractivity contribution >= 4 is 0 Å². The lowest BCUT2D eigenvalue weighted by Gasteiger charge is -2.23. The third kappa shape index (κ3) is 2.28. The van der Waals surface area contributed by atoms with E-state index in [-0.39, 0.29) is 0 Å². The summed E-state index contributed by atoms with van der Waals surface area (Å²) in [6.07, 6.45) is 5.38. The van der Waals surface area contributed by atoms with Crippen LogP contribution in [-0.4, -0.2) is 34.3 Å². The maximum atomic E-state index is 5.72. The van der Waals surface area contributed by atoms with Crippen LogP contribution in [0, 0.1) is 5.92 Å². The second kappa shape index (κ2) is 4.97. The third-order valence-electron chi connectivity index (χ3n) is 3.66. The molecule has 2 N–H and O–H groups in total. The lowest BCUT2D eigenvalue weighted by molar-refractivity contribution is 0.253. The van der Waals surface area contributed by atoms with Crippen LogP contribution in [0.1, 0.15) is 31.9 Å². The molecule has 0 saturated carbocycles. The Morgan fingerprint density at radius 2 is 2.44 bits per heavy atom. The van der Waals surface area contributed by atoms with Gasteiger partial charge in [-0.15, -0.1) is 0 Å². The number of hydrogen-bond acceptors (Lipinski definition) is 3. The molecule has 0 aliphatic carbocycles. The molecule has 2 unspecified atom stereocenters. The molecule has 0 radical (unpaired) electrons. The molecule has 1 aromatic heterocycles. The van der Waals surface area contributed by atoms with Gasteiger partial charge in [-0.25, -0.2) is 0 Å². The van der Waals surface area contributed by atoms with Crippen LogP contribution >= 0.6 is 0 Å². The number of nitrogens with two attached hydrogens (primary N) is 1. The fraction of sp³-hybridized carbons (Fsp3) is 0.750. The second-order valence-corrected chi connectivity index (χ2v) is 4.69. The average molecular weight is 222 g/mol. The summed E-state index contributed by atoms with van der Waals surface area (Å²) >= 11 is 0. The highest BCUT2D eigenvalue weighted by Gasteiger charge is 2.26. The van der Waals surface area contributed by atoms with Gasteiger partial charge in [0.15, 0.2) is 0 Å². The minimum Gasteiger partial charge on any atom is -0.330 e. The molecule has 1 saturated heterocycles. The van der Waals surface area contributed by atoms with Crippen molar-refractivity contribution < 1.29 is 0 Å². The van der Waals surface area contributed by atoms with E-state index in [0.717, 1.165) is 19.6 Å². The van der Waals surface area contributed by atoms with Crippen molar-refractivity contribution in [2.45, 2.75) is 32.9 Å². The summed E-state index contributed by atoms with van der Waals surface area (Å²) in [7, 11) is 0. The molecule has 2 heterocycles. The van der Waals surface area contributed by atoms with Crippen molar-refractivity contribution in [1.82, 2.24) is 14.7 Å². The zero-order valence-electron chi connectivity index (χ0n) is 10.3. The molecule has 0 amide bonds. The van der Waals surface area contributed by atoms with Crippen molar-refractivity contribution in [3.05, 3.63) is 18.0 Å². The summed E-state index contributed by atoms with van der Waals surface area (Å²) in [6, 6.07) is 0.469. The van der Waals surface area contributed by atoms with Gasteiger partial charge in [-0.2, -0.15) is 5.10 Å². The lowest BCUT2D eigenvalue weighted by Crippen LogP contribution is -2.26. The molecule has 1 fully saturated rings. The van der Waals surface area contributed by atoms with E-state index in [4.69, 9.17) is 5.73 Å². The van der Waals surface area contributed by atoms with Gasteiger partial charge in [-0.1, -0.05) is 0 Å². The molecular weight excluding hydrogens is 200 g/mol. The van der Waals surface area contributed by atoms with Gasteiger partial charge in [0.05, 0.1) is 6.20 Å². The summed E-state index contributed by atoms with van der Waals surface area (Å²) in [4.78, 5) is 2.51. The highest BCUT2D eigenvalue weighted by atomic mass is 15.3. The molecule has 16 heavy (non-hydrogen) atoms. The predicted octanol–water partition coefficient (Wildman–Crippen LogP) is 1.24. The highest BCUT2D eigenvalue weighted by Crippen LogP contribution is 2.26. The van der Waals surface area contributed by atoms with E-state index in [1.54, 1.807) is 0 Å². The Hall–Kier alpha value is -0.870. The van der Waals surface area contributed by atoms with Crippen LogP contribution in [0.5, 0.6) is 0 Å². The Bertz CT molecular complexity index is 334. The van der Waals surface area contributed by atoms with Crippen molar-refractivity contribution in [2.75, 3.05) is 19.6 Å². The minimum absolute atomic E-state index is 0.469. The fourth-order valence-electron chi connectivity index (χ4n) is 2.39. The average Bonchev–Trinajstić information content (AvgIpc) is 2.97. The van der Waals surface area contributed by atoms with Crippen molar-refractivity contribution in [3.8, 4) is 0 Å². The number of hydrogen-bond donors (Lipinski definition) is 1. The van der Waals surface area contributed by atoms with Crippen LogP contribution in [0.3, 0.4) is 0 Å². The summed E-state index contributed by atoms with van der Waals surface area (Å²) < 4.78 is 1.99. The maximum absolute atomic E-state index is 5.72. The Balaban J connectivity index is 1.99. The molecule has 2 atom stereocenters. The van der Waals surface area contributed by atoms with Gasteiger partial charge in [0.2, 0.25) is 0 Å². The second-order valence-electron chi connectivity index (χ2n) is 4.69. The first-order valence-electron chi connectivity index (χ1n) is 6.21. The van der Waals surface area contributed by atoms with E-state index in [2.05, 4.69) is 30.0 Å². The zero-order valence-corrected chi connectivity index (χ0v) is 10.3. The van der Waals surface area contributed by atoms with Crippen LogP contribution in [0.2, 0.25) is 0 Å². The predicted molar refractivity (Wildman–Crippen MR) is 65.1 cm³/mol. The summed E-state index contributed by atoms with van der Waals surface area (Å²) in [6.45, 7) is 8.43. The molecule has 4 heteroatoms. The number of aromatic nitrogens is 2. The van der Waals surface area contributed by atoms with E-state index in [9.17, 15) is 0 Å². The van der Waals surface area contributed by atoms with Crippen LogP contribution in [0.4, 0.5) is 0 Å². The lowest BCUT2D eigenvalue weighted by atomic mass is 10.1. The molecule has 0 aromatic carbocycles. The van der Waals surface area contributed by atoms with Crippen molar-refractivity contribution in [1.29, 1.82) is 0 Å². The molecule has 1 aliphatic rings. The molecule has 4 nitrogen and oxygen atoms in total. The topological polar surface area (TPSA) is 47.1 Å². The van der Waals surface area contributed by atoms with Gasteiger partial charge in [-0.3, -0.25) is 9.58 Å². The number of likely N-dealkylation sites (tertiary alicyclic amines) is 1. The number of aryl methyl sites for hydroxylation is 1. The van der Waals surface area contributed by atoms with Crippen LogP contribution in [0.25, 0.3) is 0 Å². The summed E-state index contributed by atoms with van der Waals surface area (Å²) in [5.41, 5.74) is 7.04. The Morgan fingerprint density at radius 1 is 1.62 bits per heavy atom. The first-order chi connectivity index (χ1) is 7.74. The summed E-state index contributed by atoms with van der Waals surface area (Å²) in [5.74, 6) is 0.684. The highest BCUT2D eigenvalue weighted by molar-refractivity contribution is 5.10. The number of nitrogens with zero attached hydrogens (tertiary/aromatic N) is 3. The molecule has 2 rings (SSSR count). The maximum Gasteiger partial charge on any atom is 0.0537 e. The largest absolute Gasteiger partial charge is 0.330 e.